The lowest BCUT2D eigenvalue weighted by Crippen LogP contribution is -2.36. The molecule has 0 spiro atoms. The average Bonchev–Trinajstić information content (AvgIpc) is 2.51. The fourth-order valence-corrected chi connectivity index (χ4v) is 1.01. The minimum absolute atomic E-state index is 0.0527. The third-order valence-corrected chi connectivity index (χ3v) is 1.80. The van der Waals surface area contributed by atoms with Crippen LogP contribution in [-0.2, 0) is 4.79 Å². The molecule has 0 saturated carbocycles. The van der Waals surface area contributed by atoms with E-state index in [-0.39, 0.29) is 6.61 Å². The van der Waals surface area contributed by atoms with Crippen molar-refractivity contribution in [3.63, 3.8) is 0 Å². The molecule has 0 saturated heterocycles. The van der Waals surface area contributed by atoms with E-state index in [0.29, 0.717) is 5.19 Å². The molecule has 0 aromatic carbocycles. The lowest BCUT2D eigenvalue weighted by atomic mass is 10.3. The number of carboxylic acid groups (broad SMARTS) is 1. The molecule has 3 N–H and O–H groups in total. The van der Waals surface area contributed by atoms with Gasteiger partial charge in [0.1, 0.15) is 12.6 Å². The summed E-state index contributed by atoms with van der Waals surface area (Å²) < 4.78 is 4.97. The maximum Gasteiger partial charge on any atom is 0.324 e. The smallest absolute Gasteiger partial charge is 0.324 e. The summed E-state index contributed by atoms with van der Waals surface area (Å²) in [6.07, 6.45) is 1.58. The van der Waals surface area contributed by atoms with Crippen molar-refractivity contribution in [3.8, 4) is 5.19 Å². The highest BCUT2D eigenvalue weighted by atomic mass is 32.1. The molecule has 0 aliphatic carbocycles. The van der Waals surface area contributed by atoms with Gasteiger partial charge in [-0.05, 0) is 0 Å². The van der Waals surface area contributed by atoms with Gasteiger partial charge in [-0.2, -0.15) is 0 Å². The Balaban J connectivity index is 2.31. The number of carbonyl (C=O) groups is 1. The first-order valence-corrected chi connectivity index (χ1v) is 4.09. The van der Waals surface area contributed by atoms with Crippen molar-refractivity contribution >= 4 is 17.3 Å². The zero-order chi connectivity index (χ0) is 8.97. The molecule has 0 radical (unpaired) electrons. The summed E-state index contributed by atoms with van der Waals surface area (Å²) in [5, 5.41) is 10.6. The molecule has 0 aliphatic heterocycles. The van der Waals surface area contributed by atoms with Crippen molar-refractivity contribution in [2.45, 2.75) is 6.04 Å². The number of aliphatic carboxylic acids is 1. The van der Waals surface area contributed by atoms with E-state index in [2.05, 4.69) is 4.98 Å². The van der Waals surface area contributed by atoms with Crippen LogP contribution < -0.4 is 10.5 Å². The van der Waals surface area contributed by atoms with Gasteiger partial charge in [-0.25, -0.2) is 4.98 Å². The van der Waals surface area contributed by atoms with Crippen molar-refractivity contribution in [3.05, 3.63) is 11.6 Å². The molecule has 1 aromatic rings. The van der Waals surface area contributed by atoms with Crippen molar-refractivity contribution in [2.24, 2.45) is 5.73 Å². The Kier molecular flexibility index (Phi) is 3.01. The molecule has 6 heteroatoms. The van der Waals surface area contributed by atoms with Crippen LogP contribution >= 0.6 is 11.3 Å². The van der Waals surface area contributed by atoms with Gasteiger partial charge >= 0.3 is 5.97 Å². The van der Waals surface area contributed by atoms with E-state index in [1.54, 1.807) is 11.6 Å². The molecule has 0 fully saturated rings. The predicted octanol–water partition coefficient (Wildman–Crippen LogP) is -0.0662. The number of ether oxygens (including phenoxy) is 1. The number of aromatic nitrogens is 1. The zero-order valence-electron chi connectivity index (χ0n) is 6.14. The van der Waals surface area contributed by atoms with Gasteiger partial charge in [0, 0.05) is 11.6 Å². The minimum atomic E-state index is -1.08. The first kappa shape index (κ1) is 8.95. The zero-order valence-corrected chi connectivity index (χ0v) is 6.95. The molecule has 12 heavy (non-hydrogen) atoms. The second kappa shape index (κ2) is 4.03. The molecule has 1 rings (SSSR count). The summed E-state index contributed by atoms with van der Waals surface area (Å²) in [7, 11) is 0. The maximum absolute atomic E-state index is 10.2. The topological polar surface area (TPSA) is 85.4 Å². The van der Waals surface area contributed by atoms with Crippen LogP contribution in [0, 0.1) is 0 Å². The summed E-state index contributed by atoms with van der Waals surface area (Å²) >= 11 is 1.29. The third kappa shape index (κ3) is 2.48. The minimum Gasteiger partial charge on any atom is -0.480 e. The van der Waals surface area contributed by atoms with E-state index in [9.17, 15) is 4.79 Å². The molecule has 0 amide bonds. The number of rotatable bonds is 4. The summed E-state index contributed by atoms with van der Waals surface area (Å²) in [5.41, 5.74) is 5.19. The fourth-order valence-electron chi connectivity index (χ4n) is 0.514. The van der Waals surface area contributed by atoms with E-state index in [1.807, 2.05) is 0 Å². The predicted molar refractivity (Wildman–Crippen MR) is 43.2 cm³/mol. The second-order valence-corrected chi connectivity index (χ2v) is 2.91. The first-order chi connectivity index (χ1) is 5.70. The number of nitrogens with zero attached hydrogens (tertiary/aromatic N) is 1. The molecule has 1 unspecified atom stereocenters. The van der Waals surface area contributed by atoms with Crippen molar-refractivity contribution in [1.82, 2.24) is 4.98 Å². The Bertz CT molecular complexity index is 249. The number of thiazole rings is 1. The highest BCUT2D eigenvalue weighted by Crippen LogP contribution is 2.13. The van der Waals surface area contributed by atoms with Crippen LogP contribution in [0.5, 0.6) is 5.19 Å². The Morgan fingerprint density at radius 3 is 3.17 bits per heavy atom. The monoisotopic (exact) mass is 188 g/mol. The molecular weight excluding hydrogens is 180 g/mol. The maximum atomic E-state index is 10.2. The second-order valence-electron chi connectivity index (χ2n) is 2.05. The van der Waals surface area contributed by atoms with Crippen molar-refractivity contribution < 1.29 is 14.6 Å². The van der Waals surface area contributed by atoms with E-state index in [4.69, 9.17) is 15.6 Å². The highest BCUT2D eigenvalue weighted by Gasteiger charge is 2.12. The number of nitrogens with two attached hydrogens (primary N) is 1. The van der Waals surface area contributed by atoms with Gasteiger partial charge < -0.3 is 15.6 Å². The van der Waals surface area contributed by atoms with Crippen LogP contribution in [0.2, 0.25) is 0 Å². The summed E-state index contributed by atoms with van der Waals surface area (Å²) in [6, 6.07) is -0.992. The average molecular weight is 188 g/mol. The molecule has 1 aromatic heterocycles. The lowest BCUT2D eigenvalue weighted by Gasteiger charge is -2.05. The van der Waals surface area contributed by atoms with E-state index >= 15 is 0 Å². The van der Waals surface area contributed by atoms with E-state index in [1.165, 1.54) is 11.3 Å². The Morgan fingerprint density at radius 1 is 1.92 bits per heavy atom. The normalized spacial score (nSPS) is 12.4. The quantitative estimate of drug-likeness (QED) is 0.691. The van der Waals surface area contributed by atoms with Gasteiger partial charge in [-0.1, -0.05) is 11.3 Å². The molecule has 5 nitrogen and oxygen atoms in total. The van der Waals surface area contributed by atoms with Crippen molar-refractivity contribution in [2.75, 3.05) is 6.61 Å². The molecule has 1 heterocycles. The van der Waals surface area contributed by atoms with Crippen molar-refractivity contribution in [1.29, 1.82) is 0 Å². The standard InChI is InChI=1S/C6H8N2O3S/c7-4(5(9)10)3-11-6-8-1-2-12-6/h1-2,4H,3,7H2,(H,9,10). The lowest BCUT2D eigenvalue weighted by molar-refractivity contribution is -0.139. The van der Waals surface area contributed by atoms with Crippen LogP contribution in [0.4, 0.5) is 0 Å². The summed E-state index contributed by atoms with van der Waals surface area (Å²) in [6.45, 7) is -0.0527. The number of hydrogen-bond donors (Lipinski definition) is 2. The largest absolute Gasteiger partial charge is 0.480 e. The van der Waals surface area contributed by atoms with E-state index < -0.39 is 12.0 Å². The van der Waals surface area contributed by atoms with Crippen LogP contribution in [0.15, 0.2) is 11.6 Å². The highest BCUT2D eigenvalue weighted by molar-refractivity contribution is 7.11. The van der Waals surface area contributed by atoms with Gasteiger partial charge in [-0.3, -0.25) is 4.79 Å². The van der Waals surface area contributed by atoms with Gasteiger partial charge in [0.05, 0.1) is 0 Å². The van der Waals surface area contributed by atoms with Crippen LogP contribution in [0.3, 0.4) is 0 Å². The molecule has 0 aliphatic rings. The van der Waals surface area contributed by atoms with Gasteiger partial charge in [0.25, 0.3) is 5.19 Å². The van der Waals surface area contributed by atoms with Gasteiger partial charge in [0.15, 0.2) is 0 Å². The molecule has 66 valence electrons. The Morgan fingerprint density at radius 2 is 2.67 bits per heavy atom. The Hall–Kier alpha value is -1.14. The molecule has 0 bridgehead atoms. The van der Waals surface area contributed by atoms with Gasteiger partial charge in [0.2, 0.25) is 0 Å². The number of hydrogen-bond acceptors (Lipinski definition) is 5. The van der Waals surface area contributed by atoms with Crippen LogP contribution in [-0.4, -0.2) is 28.7 Å². The third-order valence-electron chi connectivity index (χ3n) is 1.11. The van der Waals surface area contributed by atoms with Gasteiger partial charge in [-0.15, -0.1) is 0 Å². The number of carboxylic acids is 1. The molecular formula is C6H8N2O3S. The van der Waals surface area contributed by atoms with Crippen LogP contribution in [0.1, 0.15) is 0 Å². The van der Waals surface area contributed by atoms with E-state index in [0.717, 1.165) is 0 Å². The van der Waals surface area contributed by atoms with Crippen LogP contribution in [0.25, 0.3) is 0 Å². The summed E-state index contributed by atoms with van der Waals surface area (Å²) in [5.74, 6) is -1.08. The summed E-state index contributed by atoms with van der Waals surface area (Å²) in [4.78, 5) is 14.0. The Labute approximate surface area is 72.8 Å². The SMILES string of the molecule is NC(COc1nccs1)C(=O)O. The first-order valence-electron chi connectivity index (χ1n) is 3.21. The molecule has 1 atom stereocenters. The fraction of sp³-hybridized carbons (Fsp3) is 0.333.